The second-order valence-corrected chi connectivity index (χ2v) is 6.61. The second-order valence-electron chi connectivity index (χ2n) is 6.61. The van der Waals surface area contributed by atoms with Gasteiger partial charge in [-0.3, -0.25) is 0 Å². The number of methoxy groups -OCH3 is 2. The van der Waals surface area contributed by atoms with E-state index < -0.39 is 55.9 Å². The minimum absolute atomic E-state index is 0.135. The molecule has 2 fully saturated rings. The van der Waals surface area contributed by atoms with E-state index in [1.807, 2.05) is 30.3 Å². The first kappa shape index (κ1) is 24.0. The minimum Gasteiger partial charge on any atom is -0.394 e. The molecule has 0 spiro atoms. The summed E-state index contributed by atoms with van der Waals surface area (Å²) in [4.78, 5) is 0. The van der Waals surface area contributed by atoms with Crippen molar-refractivity contribution in [3.05, 3.63) is 35.9 Å². The molecule has 8 nitrogen and oxygen atoms in total. The highest BCUT2D eigenvalue weighted by Gasteiger charge is 2.45. The summed E-state index contributed by atoms with van der Waals surface area (Å²) < 4.78 is 51.0. The normalized spacial score (nSPS) is 36.7. The van der Waals surface area contributed by atoms with Gasteiger partial charge in [-0.2, -0.15) is 0 Å². The number of aliphatic hydroxyl groups is 3. The van der Waals surface area contributed by atoms with Crippen molar-refractivity contribution in [3.63, 3.8) is 0 Å². The minimum atomic E-state index is -1.57. The maximum absolute atomic E-state index is 13.4. The van der Waals surface area contributed by atoms with Crippen molar-refractivity contribution in [2.75, 3.05) is 27.4 Å². The molecule has 2 saturated heterocycles. The Morgan fingerprint density at radius 2 is 1.41 bits per heavy atom. The monoisotopic (exact) mass is 422 g/mol. The number of benzene rings is 1. The van der Waals surface area contributed by atoms with Crippen molar-refractivity contribution in [2.24, 2.45) is 0 Å². The fraction of sp³-hybridized carbons (Fsp3) is 0.684. The molecule has 2 heterocycles. The molecule has 0 bridgehead atoms. The van der Waals surface area contributed by atoms with Crippen LogP contribution in [0.2, 0.25) is 0 Å². The molecule has 3 rings (SSSR count). The highest BCUT2D eigenvalue weighted by atomic mass is 19.1. The molecule has 3 N–H and O–H groups in total. The van der Waals surface area contributed by atoms with Crippen LogP contribution in [0.1, 0.15) is 5.56 Å². The van der Waals surface area contributed by atoms with E-state index in [0.717, 1.165) is 5.56 Å². The van der Waals surface area contributed by atoms with Crippen LogP contribution in [0.4, 0.5) is 8.78 Å². The lowest BCUT2D eigenvalue weighted by Crippen LogP contribution is -2.32. The molecule has 8 unspecified atom stereocenters. The molecule has 0 radical (unpaired) electrons. The molecule has 10 heteroatoms. The Hall–Kier alpha value is -1.24. The molecule has 0 aromatic heterocycles. The fourth-order valence-electron chi connectivity index (χ4n) is 2.91. The van der Waals surface area contributed by atoms with Gasteiger partial charge in [-0.05, 0) is 5.56 Å². The first-order chi connectivity index (χ1) is 13.9. The predicted molar refractivity (Wildman–Crippen MR) is 96.3 cm³/mol. The number of aliphatic hydroxyl groups excluding tert-OH is 3. The largest absolute Gasteiger partial charge is 0.394 e. The van der Waals surface area contributed by atoms with E-state index in [9.17, 15) is 13.9 Å². The lowest BCUT2D eigenvalue weighted by atomic mass is 10.2. The zero-order chi connectivity index (χ0) is 21.4. The van der Waals surface area contributed by atoms with Crippen molar-refractivity contribution >= 4 is 0 Å². The molecule has 0 saturated carbocycles. The molecule has 0 amide bonds. The Kier molecular flexibility index (Phi) is 9.80. The van der Waals surface area contributed by atoms with E-state index in [0.29, 0.717) is 6.61 Å². The van der Waals surface area contributed by atoms with Gasteiger partial charge in [0.2, 0.25) is 0 Å². The van der Waals surface area contributed by atoms with Crippen LogP contribution >= 0.6 is 0 Å². The maximum Gasteiger partial charge on any atom is 0.191 e. The lowest BCUT2D eigenvalue weighted by molar-refractivity contribution is -0.146. The van der Waals surface area contributed by atoms with Gasteiger partial charge >= 0.3 is 0 Å². The van der Waals surface area contributed by atoms with Crippen LogP contribution < -0.4 is 0 Å². The third-order valence-electron chi connectivity index (χ3n) is 4.59. The summed E-state index contributed by atoms with van der Waals surface area (Å²) in [6.07, 6.45) is -9.20. The van der Waals surface area contributed by atoms with Gasteiger partial charge in [0.25, 0.3) is 0 Å². The Labute approximate surface area is 167 Å². The lowest BCUT2D eigenvalue weighted by Gasteiger charge is -2.14. The molecule has 166 valence electrons. The SMILES string of the molecule is COC1OC(CO)C(O)C1F.COC1OC(COCc2ccccc2)C(O)C1F. The summed E-state index contributed by atoms with van der Waals surface area (Å²) in [6.45, 7) is 0.139. The smallest absolute Gasteiger partial charge is 0.191 e. The van der Waals surface area contributed by atoms with Crippen molar-refractivity contribution < 1.29 is 47.8 Å². The van der Waals surface area contributed by atoms with Gasteiger partial charge in [0, 0.05) is 14.2 Å². The van der Waals surface area contributed by atoms with E-state index in [1.54, 1.807) is 0 Å². The Morgan fingerprint density at radius 1 is 0.897 bits per heavy atom. The molecule has 29 heavy (non-hydrogen) atoms. The quantitative estimate of drug-likeness (QED) is 0.577. The zero-order valence-electron chi connectivity index (χ0n) is 16.3. The van der Waals surface area contributed by atoms with Crippen LogP contribution in [0.3, 0.4) is 0 Å². The topological polar surface area (TPSA) is 107 Å². The summed E-state index contributed by atoms with van der Waals surface area (Å²) in [5.74, 6) is 0. The van der Waals surface area contributed by atoms with Gasteiger partial charge in [-0.15, -0.1) is 0 Å². The Balaban J connectivity index is 0.000000234. The summed E-state index contributed by atoms with van der Waals surface area (Å²) in [6, 6.07) is 9.62. The molecular weight excluding hydrogens is 394 g/mol. The fourth-order valence-corrected chi connectivity index (χ4v) is 2.91. The first-order valence-electron chi connectivity index (χ1n) is 9.16. The van der Waals surface area contributed by atoms with Crippen LogP contribution in [0.5, 0.6) is 0 Å². The molecule has 2 aliphatic rings. The van der Waals surface area contributed by atoms with Crippen LogP contribution in [0.25, 0.3) is 0 Å². The molecular formula is C19H28F2O8. The number of hydrogen-bond acceptors (Lipinski definition) is 8. The van der Waals surface area contributed by atoms with Gasteiger partial charge in [0.15, 0.2) is 24.9 Å². The van der Waals surface area contributed by atoms with Crippen LogP contribution in [-0.2, 0) is 30.3 Å². The van der Waals surface area contributed by atoms with E-state index in [1.165, 1.54) is 14.2 Å². The number of rotatable bonds is 7. The standard InChI is InChI=1S/C13H17FO4.C6H11FO4/c1-16-13-11(14)12(15)10(18-13)8-17-7-9-5-3-2-4-6-9;1-10-6-4(7)5(9)3(2-8)11-6/h2-6,10-13,15H,7-8H2,1H3;3-6,8-9H,2H2,1H3. The first-order valence-corrected chi connectivity index (χ1v) is 9.16. The van der Waals surface area contributed by atoms with E-state index in [2.05, 4.69) is 4.74 Å². The molecule has 1 aromatic rings. The molecule has 1 aromatic carbocycles. The Morgan fingerprint density at radius 3 is 1.86 bits per heavy atom. The zero-order valence-corrected chi connectivity index (χ0v) is 16.3. The van der Waals surface area contributed by atoms with Crippen LogP contribution in [0, 0.1) is 0 Å². The number of alkyl halides is 2. The summed E-state index contributed by atoms with van der Waals surface area (Å²) >= 11 is 0. The van der Waals surface area contributed by atoms with Gasteiger partial charge in [0.05, 0.1) is 19.8 Å². The summed E-state index contributed by atoms with van der Waals surface area (Å²) in [5.41, 5.74) is 1.02. The number of hydrogen-bond donors (Lipinski definition) is 3. The van der Waals surface area contributed by atoms with E-state index >= 15 is 0 Å². The molecule has 2 aliphatic heterocycles. The van der Waals surface area contributed by atoms with E-state index in [-0.39, 0.29) is 6.61 Å². The van der Waals surface area contributed by atoms with Crippen molar-refractivity contribution in [1.29, 1.82) is 0 Å². The Bertz CT molecular complexity index is 563. The third-order valence-corrected chi connectivity index (χ3v) is 4.59. The average Bonchev–Trinajstić information content (AvgIpc) is 3.19. The van der Waals surface area contributed by atoms with Crippen molar-refractivity contribution in [1.82, 2.24) is 0 Å². The van der Waals surface area contributed by atoms with Gasteiger partial charge in [-0.25, -0.2) is 8.78 Å². The number of ether oxygens (including phenoxy) is 5. The highest BCUT2D eigenvalue weighted by molar-refractivity contribution is 5.13. The van der Waals surface area contributed by atoms with Gasteiger partial charge in [-0.1, -0.05) is 30.3 Å². The summed E-state index contributed by atoms with van der Waals surface area (Å²) in [5, 5.41) is 27.2. The second kappa shape index (κ2) is 11.8. The maximum atomic E-state index is 13.4. The van der Waals surface area contributed by atoms with E-state index in [4.69, 9.17) is 29.2 Å². The average molecular weight is 422 g/mol. The summed E-state index contributed by atoms with van der Waals surface area (Å²) in [7, 11) is 2.63. The van der Waals surface area contributed by atoms with Crippen LogP contribution in [-0.4, -0.2) is 92.1 Å². The third kappa shape index (κ3) is 6.37. The van der Waals surface area contributed by atoms with Crippen molar-refractivity contribution in [3.8, 4) is 0 Å². The van der Waals surface area contributed by atoms with Crippen molar-refractivity contribution in [2.45, 2.75) is 55.9 Å². The highest BCUT2D eigenvalue weighted by Crippen LogP contribution is 2.25. The number of halogens is 2. The van der Waals surface area contributed by atoms with Gasteiger partial charge in [0.1, 0.15) is 24.4 Å². The molecule has 8 atom stereocenters. The van der Waals surface area contributed by atoms with Gasteiger partial charge < -0.3 is 39.0 Å². The molecule has 0 aliphatic carbocycles. The predicted octanol–water partition coefficient (Wildman–Crippen LogP) is 0.323. The van der Waals surface area contributed by atoms with Crippen LogP contribution in [0.15, 0.2) is 30.3 Å².